The summed E-state index contributed by atoms with van der Waals surface area (Å²) in [7, 11) is 0. The Hall–Kier alpha value is -1.27. The van der Waals surface area contributed by atoms with Gasteiger partial charge in [-0.15, -0.1) is 0 Å². The number of halogens is 1. The topological polar surface area (TPSA) is 59.1 Å². The number of Topliss-reactive ketones (excluding diaryl/α,β-unsaturated/α-hetero) is 1. The van der Waals surface area contributed by atoms with E-state index >= 15 is 0 Å². The summed E-state index contributed by atoms with van der Waals surface area (Å²) in [5.41, 5.74) is 1.43. The minimum absolute atomic E-state index is 0.0291. The number of anilines is 1. The fraction of sp³-hybridized carbons (Fsp3) is 0.182. The molecule has 0 fully saturated rings. The summed E-state index contributed by atoms with van der Waals surface area (Å²) in [4.78, 5) is 26.7. The van der Waals surface area contributed by atoms with Crippen LogP contribution in [0.25, 0.3) is 10.2 Å². The number of hydrogen-bond donors (Lipinski definition) is 1. The molecule has 1 aromatic heterocycles. The number of rotatable bonds is 3. The number of alkyl halides is 1. The SMILES string of the molecule is CC(=O)Nc1nc2ccc(C(=O)CBr)cc2s1. The number of aromatic nitrogens is 1. The van der Waals surface area contributed by atoms with Crippen molar-refractivity contribution in [3.05, 3.63) is 23.8 Å². The lowest BCUT2D eigenvalue weighted by molar-refractivity contribution is -0.114. The number of nitrogens with zero attached hydrogens (tertiary/aromatic N) is 1. The highest BCUT2D eigenvalue weighted by molar-refractivity contribution is 9.09. The van der Waals surface area contributed by atoms with Gasteiger partial charge in [0.1, 0.15) is 0 Å². The van der Waals surface area contributed by atoms with E-state index in [4.69, 9.17) is 0 Å². The summed E-state index contributed by atoms with van der Waals surface area (Å²) < 4.78 is 0.889. The zero-order valence-corrected chi connectivity index (χ0v) is 11.4. The molecule has 0 saturated heterocycles. The number of carbonyl (C=O) groups excluding carboxylic acids is 2. The van der Waals surface area contributed by atoms with Crippen molar-refractivity contribution in [1.82, 2.24) is 4.98 Å². The Morgan fingerprint density at radius 1 is 1.47 bits per heavy atom. The molecule has 6 heteroatoms. The van der Waals surface area contributed by atoms with Gasteiger partial charge < -0.3 is 5.32 Å². The van der Waals surface area contributed by atoms with Crippen LogP contribution in [-0.2, 0) is 4.79 Å². The number of ketones is 1. The van der Waals surface area contributed by atoms with Crippen LogP contribution in [0.3, 0.4) is 0 Å². The zero-order chi connectivity index (χ0) is 12.4. The highest BCUT2D eigenvalue weighted by atomic mass is 79.9. The van der Waals surface area contributed by atoms with Crippen LogP contribution in [0.5, 0.6) is 0 Å². The second-order valence-electron chi connectivity index (χ2n) is 3.44. The van der Waals surface area contributed by atoms with Gasteiger partial charge in [-0.2, -0.15) is 0 Å². The van der Waals surface area contributed by atoms with Crippen LogP contribution in [-0.4, -0.2) is 22.0 Å². The van der Waals surface area contributed by atoms with E-state index in [-0.39, 0.29) is 11.7 Å². The number of benzene rings is 1. The van der Waals surface area contributed by atoms with Gasteiger partial charge in [0, 0.05) is 12.5 Å². The van der Waals surface area contributed by atoms with Crippen molar-refractivity contribution < 1.29 is 9.59 Å². The molecule has 0 unspecified atom stereocenters. The molecule has 0 atom stereocenters. The number of nitrogens with one attached hydrogen (secondary N) is 1. The summed E-state index contributed by atoms with van der Waals surface area (Å²) in [6.45, 7) is 1.44. The molecule has 0 aliphatic carbocycles. The van der Waals surface area contributed by atoms with Crippen LogP contribution < -0.4 is 5.32 Å². The second-order valence-corrected chi connectivity index (χ2v) is 5.03. The summed E-state index contributed by atoms with van der Waals surface area (Å²) in [6.07, 6.45) is 0. The standard InChI is InChI=1S/C11H9BrN2O2S/c1-6(15)13-11-14-8-3-2-7(9(16)5-12)4-10(8)17-11/h2-4H,5H2,1H3,(H,13,14,15). The highest BCUT2D eigenvalue weighted by Gasteiger charge is 2.09. The zero-order valence-electron chi connectivity index (χ0n) is 8.99. The van der Waals surface area contributed by atoms with E-state index in [0.29, 0.717) is 16.0 Å². The van der Waals surface area contributed by atoms with E-state index in [1.807, 2.05) is 0 Å². The van der Waals surface area contributed by atoms with Gasteiger partial charge in [0.2, 0.25) is 5.91 Å². The third-order valence-electron chi connectivity index (χ3n) is 2.11. The largest absolute Gasteiger partial charge is 0.302 e. The number of carbonyl (C=O) groups is 2. The van der Waals surface area contributed by atoms with E-state index < -0.39 is 0 Å². The molecule has 0 saturated carbocycles. The molecule has 1 heterocycles. The van der Waals surface area contributed by atoms with Gasteiger partial charge in [-0.05, 0) is 18.2 Å². The second kappa shape index (κ2) is 4.93. The van der Waals surface area contributed by atoms with Crippen LogP contribution in [0.4, 0.5) is 5.13 Å². The maximum Gasteiger partial charge on any atom is 0.223 e. The van der Waals surface area contributed by atoms with Gasteiger partial charge in [0.15, 0.2) is 10.9 Å². The third-order valence-corrected chi connectivity index (χ3v) is 3.56. The Labute approximate surface area is 110 Å². The Morgan fingerprint density at radius 2 is 2.24 bits per heavy atom. The van der Waals surface area contributed by atoms with Crippen molar-refractivity contribution in [3.8, 4) is 0 Å². The molecule has 1 amide bonds. The monoisotopic (exact) mass is 312 g/mol. The van der Waals surface area contributed by atoms with E-state index in [0.717, 1.165) is 10.2 Å². The van der Waals surface area contributed by atoms with Gasteiger partial charge in [0.05, 0.1) is 15.5 Å². The maximum absolute atomic E-state index is 11.5. The molecular formula is C11H9BrN2O2S. The molecule has 0 radical (unpaired) electrons. The van der Waals surface area contributed by atoms with Crippen LogP contribution in [0.1, 0.15) is 17.3 Å². The van der Waals surface area contributed by atoms with Crippen molar-refractivity contribution >= 4 is 54.3 Å². The lowest BCUT2D eigenvalue weighted by Crippen LogP contribution is -2.04. The van der Waals surface area contributed by atoms with Gasteiger partial charge in [-0.1, -0.05) is 27.3 Å². The molecule has 1 aromatic carbocycles. The van der Waals surface area contributed by atoms with Crippen molar-refractivity contribution in [2.45, 2.75) is 6.92 Å². The van der Waals surface area contributed by atoms with Crippen molar-refractivity contribution in [2.75, 3.05) is 10.6 Å². The van der Waals surface area contributed by atoms with Crippen molar-refractivity contribution in [3.63, 3.8) is 0 Å². The summed E-state index contributed by atoms with van der Waals surface area (Å²) in [5, 5.41) is 3.48. The molecule has 0 bridgehead atoms. The molecule has 4 nitrogen and oxygen atoms in total. The number of thiazole rings is 1. The van der Waals surface area contributed by atoms with Gasteiger partial charge in [-0.25, -0.2) is 4.98 Å². The predicted molar refractivity (Wildman–Crippen MR) is 72.0 cm³/mol. The highest BCUT2D eigenvalue weighted by Crippen LogP contribution is 2.27. The van der Waals surface area contributed by atoms with E-state index in [9.17, 15) is 9.59 Å². The smallest absolute Gasteiger partial charge is 0.223 e. The average Bonchev–Trinajstić information content (AvgIpc) is 2.67. The first-order chi connectivity index (χ1) is 8.10. The first kappa shape index (κ1) is 12.2. The Morgan fingerprint density at radius 3 is 2.88 bits per heavy atom. The van der Waals surface area contributed by atoms with Crippen molar-refractivity contribution in [1.29, 1.82) is 0 Å². The number of amides is 1. The molecule has 0 aliphatic rings. The molecule has 2 rings (SSSR count). The molecule has 0 aliphatic heterocycles. The first-order valence-corrected chi connectivity index (χ1v) is 6.81. The van der Waals surface area contributed by atoms with E-state index in [2.05, 4.69) is 26.2 Å². The lowest BCUT2D eigenvalue weighted by atomic mass is 10.1. The molecule has 0 spiro atoms. The number of hydrogen-bond acceptors (Lipinski definition) is 4. The van der Waals surface area contributed by atoms with Crippen LogP contribution in [0.2, 0.25) is 0 Å². The summed E-state index contributed by atoms with van der Waals surface area (Å²) >= 11 is 4.49. The molecule has 1 N–H and O–H groups in total. The maximum atomic E-state index is 11.5. The normalized spacial score (nSPS) is 10.5. The molecule has 17 heavy (non-hydrogen) atoms. The minimum Gasteiger partial charge on any atom is -0.302 e. The fourth-order valence-corrected chi connectivity index (χ4v) is 2.65. The third kappa shape index (κ3) is 2.70. The first-order valence-electron chi connectivity index (χ1n) is 4.87. The minimum atomic E-state index is -0.152. The van der Waals surface area contributed by atoms with Crippen LogP contribution >= 0.6 is 27.3 Å². The molecular weight excluding hydrogens is 304 g/mol. The van der Waals surface area contributed by atoms with Crippen LogP contribution in [0, 0.1) is 0 Å². The molecule has 2 aromatic rings. The number of fused-ring (bicyclic) bond motifs is 1. The Kier molecular flexibility index (Phi) is 3.54. The van der Waals surface area contributed by atoms with Gasteiger partial charge in [-0.3, -0.25) is 9.59 Å². The summed E-state index contributed by atoms with van der Waals surface area (Å²) in [6, 6.07) is 5.32. The molecule has 88 valence electrons. The predicted octanol–water partition coefficient (Wildman–Crippen LogP) is 2.83. The Balaban J connectivity index is 2.40. The van der Waals surface area contributed by atoms with Gasteiger partial charge in [0.25, 0.3) is 0 Å². The van der Waals surface area contributed by atoms with E-state index in [1.54, 1.807) is 18.2 Å². The van der Waals surface area contributed by atoms with Gasteiger partial charge >= 0.3 is 0 Å². The van der Waals surface area contributed by atoms with Crippen LogP contribution in [0.15, 0.2) is 18.2 Å². The lowest BCUT2D eigenvalue weighted by Gasteiger charge is -1.95. The quantitative estimate of drug-likeness (QED) is 0.700. The van der Waals surface area contributed by atoms with E-state index in [1.165, 1.54) is 18.3 Å². The Bertz CT molecular complexity index is 594. The van der Waals surface area contributed by atoms with Crippen molar-refractivity contribution in [2.24, 2.45) is 0 Å². The fourth-order valence-electron chi connectivity index (χ4n) is 1.38. The average molecular weight is 313 g/mol. The summed E-state index contributed by atoms with van der Waals surface area (Å²) in [5.74, 6) is -0.123.